The number of pyridine rings is 1. The van der Waals surface area contributed by atoms with E-state index in [1.807, 2.05) is 0 Å². The minimum Gasteiger partial charge on any atom is -0.369 e. The zero-order valence-corrected chi connectivity index (χ0v) is 17.6. The summed E-state index contributed by atoms with van der Waals surface area (Å²) in [5.41, 5.74) is 4.42. The predicted molar refractivity (Wildman–Crippen MR) is 106 cm³/mol. The van der Waals surface area contributed by atoms with Crippen LogP contribution in [0.3, 0.4) is 0 Å². The van der Waals surface area contributed by atoms with Crippen molar-refractivity contribution in [3.8, 4) is 10.6 Å². The van der Waals surface area contributed by atoms with Gasteiger partial charge in [-0.2, -0.15) is 13.2 Å². The van der Waals surface area contributed by atoms with Crippen molar-refractivity contribution in [1.82, 2.24) is 9.29 Å². The third-order valence-electron chi connectivity index (χ3n) is 4.21. The molecule has 29 heavy (non-hydrogen) atoms. The third kappa shape index (κ3) is 4.48. The molecule has 0 bridgehead atoms. The molecule has 13 heteroatoms. The van der Waals surface area contributed by atoms with Gasteiger partial charge in [0.15, 0.2) is 0 Å². The largest absolute Gasteiger partial charge is 0.408 e. The van der Waals surface area contributed by atoms with Crippen LogP contribution in [0.5, 0.6) is 0 Å². The van der Waals surface area contributed by atoms with Gasteiger partial charge < -0.3 is 5.73 Å². The zero-order valence-electron chi connectivity index (χ0n) is 15.2. The predicted octanol–water partition coefficient (Wildman–Crippen LogP) is 4.02. The molecular weight excluding hydrogens is 454 g/mol. The summed E-state index contributed by atoms with van der Waals surface area (Å²) >= 11 is 7.16. The lowest BCUT2D eigenvalue weighted by Gasteiger charge is -2.36. The van der Waals surface area contributed by atoms with Crippen molar-refractivity contribution in [2.75, 3.05) is 19.3 Å². The second-order valence-electron chi connectivity index (χ2n) is 6.53. The first kappa shape index (κ1) is 21.8. The van der Waals surface area contributed by atoms with E-state index >= 15 is 0 Å². The molecule has 0 radical (unpaired) electrons. The fourth-order valence-corrected chi connectivity index (χ4v) is 5.89. The second kappa shape index (κ2) is 7.40. The van der Waals surface area contributed by atoms with Crippen molar-refractivity contribution in [3.05, 3.63) is 40.1 Å². The Labute approximate surface area is 173 Å². The van der Waals surface area contributed by atoms with Gasteiger partial charge in [-0.3, -0.25) is 4.31 Å². The molecule has 1 unspecified atom stereocenters. The van der Waals surface area contributed by atoms with Crippen molar-refractivity contribution in [2.24, 2.45) is 15.1 Å². The Kier molecular flexibility index (Phi) is 5.56. The maximum absolute atomic E-state index is 14.7. The molecule has 2 aromatic rings. The van der Waals surface area contributed by atoms with Gasteiger partial charge in [-0.1, -0.05) is 11.6 Å². The van der Waals surface area contributed by atoms with Crippen LogP contribution in [0.2, 0.25) is 4.34 Å². The summed E-state index contributed by atoms with van der Waals surface area (Å²) in [5.74, 6) is -1.58. The van der Waals surface area contributed by atoms with Crippen LogP contribution in [-0.4, -0.2) is 45.0 Å². The van der Waals surface area contributed by atoms with E-state index in [-0.39, 0.29) is 11.7 Å². The normalized spacial score (nSPS) is 25.1. The average molecular weight is 470 g/mol. The van der Waals surface area contributed by atoms with Crippen LogP contribution in [-0.2, 0) is 15.5 Å². The van der Waals surface area contributed by atoms with Crippen molar-refractivity contribution in [3.63, 3.8) is 0 Å². The standard InChI is InChI=1S/C16H16ClF4N5OS2/c1-15(8-29(27,23-7-16(19,20)21)26(2)14(22)25-15)13-9(18)3-4-10(24-13)11-5-6-12(17)28-11/h3-6H,7-8H2,1-2H3,(H2,22,25)/t15-,29?/m0/s1. The number of aliphatic imine (C=N–C) groups is 1. The number of guanidine groups is 1. The summed E-state index contributed by atoms with van der Waals surface area (Å²) in [4.78, 5) is 9.13. The van der Waals surface area contributed by atoms with Crippen molar-refractivity contribution < 1.29 is 21.8 Å². The highest BCUT2D eigenvalue weighted by molar-refractivity contribution is 7.92. The average Bonchev–Trinajstić information content (AvgIpc) is 3.04. The molecule has 0 aliphatic carbocycles. The molecule has 0 saturated carbocycles. The molecule has 158 valence electrons. The number of hydrogen-bond acceptors (Lipinski definition) is 6. The quantitative estimate of drug-likeness (QED) is 0.689. The monoisotopic (exact) mass is 469 g/mol. The molecule has 1 aliphatic heterocycles. The molecule has 2 N–H and O–H groups in total. The van der Waals surface area contributed by atoms with Gasteiger partial charge in [0.25, 0.3) is 0 Å². The summed E-state index contributed by atoms with van der Waals surface area (Å²) in [6, 6.07) is 5.96. The van der Waals surface area contributed by atoms with Crippen LogP contribution in [0.4, 0.5) is 17.6 Å². The topological polar surface area (TPSA) is 83.9 Å². The summed E-state index contributed by atoms with van der Waals surface area (Å²) < 4.78 is 70.5. The van der Waals surface area contributed by atoms with Gasteiger partial charge in [0.1, 0.15) is 33.5 Å². The number of nitrogens with zero attached hydrogens (tertiary/aromatic N) is 4. The number of hydrogen-bond donors (Lipinski definition) is 1. The van der Waals surface area contributed by atoms with Crippen LogP contribution in [0.1, 0.15) is 12.6 Å². The van der Waals surface area contributed by atoms with Gasteiger partial charge in [-0.15, -0.1) is 11.3 Å². The summed E-state index contributed by atoms with van der Waals surface area (Å²) in [6.07, 6.45) is -4.65. The van der Waals surface area contributed by atoms with Crippen molar-refractivity contribution >= 4 is 38.8 Å². The first-order valence-electron chi connectivity index (χ1n) is 8.12. The van der Waals surface area contributed by atoms with E-state index in [9.17, 15) is 21.8 Å². The molecular formula is C16H16ClF4N5OS2. The van der Waals surface area contributed by atoms with Gasteiger partial charge in [-0.05, 0) is 31.2 Å². The third-order valence-corrected chi connectivity index (χ3v) is 7.98. The molecule has 0 amide bonds. The fraction of sp³-hybridized carbons (Fsp3) is 0.375. The number of nitrogens with two attached hydrogens (primary N) is 1. The van der Waals surface area contributed by atoms with Gasteiger partial charge in [0, 0.05) is 7.05 Å². The van der Waals surface area contributed by atoms with Crippen LogP contribution >= 0.6 is 22.9 Å². The summed E-state index contributed by atoms with van der Waals surface area (Å²) in [6.45, 7) is -0.213. The van der Waals surface area contributed by atoms with Crippen LogP contribution < -0.4 is 5.73 Å². The van der Waals surface area contributed by atoms with Gasteiger partial charge in [-0.25, -0.2) is 22.9 Å². The van der Waals surface area contributed by atoms with E-state index in [4.69, 9.17) is 17.3 Å². The van der Waals surface area contributed by atoms with E-state index in [2.05, 4.69) is 14.3 Å². The van der Waals surface area contributed by atoms with Crippen molar-refractivity contribution in [2.45, 2.75) is 18.6 Å². The molecule has 0 fully saturated rings. The Morgan fingerprint density at radius 3 is 2.66 bits per heavy atom. The van der Waals surface area contributed by atoms with E-state index in [0.717, 1.165) is 10.4 Å². The summed E-state index contributed by atoms with van der Waals surface area (Å²) in [5, 5.41) is 0. The Morgan fingerprint density at radius 2 is 2.07 bits per heavy atom. The molecule has 2 aromatic heterocycles. The number of thiophene rings is 1. The first-order valence-corrected chi connectivity index (χ1v) is 11.0. The lowest BCUT2D eigenvalue weighted by Crippen LogP contribution is -2.51. The highest BCUT2D eigenvalue weighted by atomic mass is 35.5. The minimum atomic E-state index is -4.65. The first-order chi connectivity index (χ1) is 13.3. The second-order valence-corrected chi connectivity index (χ2v) is 10.5. The van der Waals surface area contributed by atoms with Crippen LogP contribution in [0.25, 0.3) is 10.6 Å². The lowest BCUT2D eigenvalue weighted by molar-refractivity contribution is -0.117. The molecule has 2 atom stereocenters. The smallest absolute Gasteiger partial charge is 0.369 e. The number of alkyl halides is 3. The van der Waals surface area contributed by atoms with E-state index in [1.165, 1.54) is 31.4 Å². The molecule has 6 nitrogen and oxygen atoms in total. The van der Waals surface area contributed by atoms with E-state index < -0.39 is 39.7 Å². The maximum atomic E-state index is 14.7. The Morgan fingerprint density at radius 1 is 1.38 bits per heavy atom. The van der Waals surface area contributed by atoms with Crippen LogP contribution in [0.15, 0.2) is 33.6 Å². The fourth-order valence-electron chi connectivity index (χ4n) is 2.80. The Bertz CT molecular complexity index is 1090. The number of aromatic nitrogens is 1. The number of halogens is 5. The van der Waals surface area contributed by atoms with E-state index in [1.54, 1.807) is 12.1 Å². The zero-order chi connectivity index (χ0) is 21.6. The Hall–Kier alpha value is -1.92. The highest BCUT2D eigenvalue weighted by Gasteiger charge is 2.42. The molecule has 1 aliphatic rings. The van der Waals surface area contributed by atoms with Crippen molar-refractivity contribution in [1.29, 1.82) is 0 Å². The minimum absolute atomic E-state index is 0.189. The van der Waals surface area contributed by atoms with Gasteiger partial charge in [0.2, 0.25) is 5.96 Å². The van der Waals surface area contributed by atoms with Gasteiger partial charge >= 0.3 is 6.18 Å². The highest BCUT2D eigenvalue weighted by Crippen LogP contribution is 2.36. The summed E-state index contributed by atoms with van der Waals surface area (Å²) in [7, 11) is -2.41. The molecule has 3 rings (SSSR count). The molecule has 0 aromatic carbocycles. The molecule has 0 saturated heterocycles. The molecule has 3 heterocycles. The maximum Gasteiger partial charge on any atom is 0.408 e. The molecule has 0 spiro atoms. The van der Waals surface area contributed by atoms with E-state index in [0.29, 0.717) is 14.9 Å². The van der Waals surface area contributed by atoms with Gasteiger partial charge in [0.05, 0.1) is 20.7 Å². The Balaban J connectivity index is 2.11. The number of rotatable bonds is 3. The SMILES string of the molecule is CN1C(N)=N[C@](C)(c2nc(-c3ccc(Cl)s3)ccc2F)CS1(=O)=NCC(F)(F)F. The van der Waals surface area contributed by atoms with Crippen LogP contribution in [0, 0.1) is 5.82 Å². The lowest BCUT2D eigenvalue weighted by atomic mass is 9.99.